The van der Waals surface area contributed by atoms with Crippen molar-refractivity contribution in [2.45, 2.75) is 19.8 Å². The number of aromatic hydroxyl groups is 1. The largest absolute Gasteiger partial charge is 0.508 e. The highest BCUT2D eigenvalue weighted by Gasteiger charge is 2.07. The number of aryl methyl sites for hydroxylation is 2. The maximum Gasteiger partial charge on any atom is 0.163 e. The standard InChI is InChI=1S/C16H16O2/c1-12-6-8-14(9-7-12)16(18)11-10-13-4-2-3-5-15(13)17/h2-9,17H,10-11H2,1H3. The smallest absolute Gasteiger partial charge is 0.163 e. The fourth-order valence-corrected chi connectivity index (χ4v) is 1.85. The summed E-state index contributed by atoms with van der Waals surface area (Å²) in [7, 11) is 0. The lowest BCUT2D eigenvalue weighted by Gasteiger charge is -2.04. The van der Waals surface area contributed by atoms with E-state index in [1.807, 2.05) is 43.3 Å². The fourth-order valence-electron chi connectivity index (χ4n) is 1.85. The molecule has 0 aliphatic heterocycles. The number of hydrogen-bond acceptors (Lipinski definition) is 2. The van der Waals surface area contributed by atoms with Gasteiger partial charge in [0.1, 0.15) is 5.75 Å². The summed E-state index contributed by atoms with van der Waals surface area (Å²) in [4.78, 5) is 12.0. The molecule has 2 aromatic rings. The highest BCUT2D eigenvalue weighted by atomic mass is 16.3. The van der Waals surface area contributed by atoms with E-state index >= 15 is 0 Å². The zero-order valence-corrected chi connectivity index (χ0v) is 10.4. The molecule has 18 heavy (non-hydrogen) atoms. The summed E-state index contributed by atoms with van der Waals surface area (Å²) >= 11 is 0. The summed E-state index contributed by atoms with van der Waals surface area (Å²) in [6, 6.07) is 14.7. The normalized spacial score (nSPS) is 10.3. The molecule has 92 valence electrons. The maximum atomic E-state index is 12.0. The third kappa shape index (κ3) is 2.98. The molecule has 0 atom stereocenters. The number of ketones is 1. The second-order valence-electron chi connectivity index (χ2n) is 4.42. The Kier molecular flexibility index (Phi) is 3.78. The predicted octanol–water partition coefficient (Wildman–Crippen LogP) is 3.52. The lowest BCUT2D eigenvalue weighted by Crippen LogP contribution is -2.01. The molecule has 1 N–H and O–H groups in total. The molecular weight excluding hydrogens is 224 g/mol. The van der Waals surface area contributed by atoms with Crippen LogP contribution in [0.15, 0.2) is 48.5 Å². The molecular formula is C16H16O2. The minimum Gasteiger partial charge on any atom is -0.508 e. The number of carbonyl (C=O) groups excluding carboxylic acids is 1. The second kappa shape index (κ2) is 5.50. The van der Waals surface area contributed by atoms with Crippen LogP contribution in [0.1, 0.15) is 27.9 Å². The number of Topliss-reactive ketones (excluding diaryl/α,β-unsaturated/α-hetero) is 1. The Balaban J connectivity index is 2.01. The lowest BCUT2D eigenvalue weighted by atomic mass is 10.0. The Morgan fingerprint density at radius 2 is 1.72 bits per heavy atom. The van der Waals surface area contributed by atoms with E-state index in [-0.39, 0.29) is 11.5 Å². The van der Waals surface area contributed by atoms with Crippen molar-refractivity contribution < 1.29 is 9.90 Å². The lowest BCUT2D eigenvalue weighted by molar-refractivity contribution is 0.0983. The zero-order chi connectivity index (χ0) is 13.0. The van der Waals surface area contributed by atoms with E-state index in [4.69, 9.17) is 0 Å². The van der Waals surface area contributed by atoms with Crippen LogP contribution in [0.5, 0.6) is 5.75 Å². The molecule has 2 aromatic carbocycles. The number of carbonyl (C=O) groups is 1. The quantitative estimate of drug-likeness (QED) is 0.830. The molecule has 0 unspecified atom stereocenters. The van der Waals surface area contributed by atoms with E-state index in [2.05, 4.69) is 0 Å². The van der Waals surface area contributed by atoms with Gasteiger partial charge in [0.05, 0.1) is 0 Å². The number of phenolic OH excluding ortho intramolecular Hbond substituents is 1. The van der Waals surface area contributed by atoms with Gasteiger partial charge in [-0.05, 0) is 25.0 Å². The summed E-state index contributed by atoms with van der Waals surface area (Å²) in [6.07, 6.45) is 0.986. The van der Waals surface area contributed by atoms with Crippen LogP contribution in [-0.4, -0.2) is 10.9 Å². The molecule has 0 saturated carbocycles. The van der Waals surface area contributed by atoms with Crippen molar-refractivity contribution in [3.8, 4) is 5.75 Å². The van der Waals surface area contributed by atoms with E-state index in [1.165, 1.54) is 0 Å². The molecule has 0 heterocycles. The topological polar surface area (TPSA) is 37.3 Å². The average Bonchev–Trinajstić information content (AvgIpc) is 2.38. The first-order valence-electron chi connectivity index (χ1n) is 6.03. The summed E-state index contributed by atoms with van der Waals surface area (Å²) in [5.74, 6) is 0.368. The highest BCUT2D eigenvalue weighted by molar-refractivity contribution is 5.96. The Bertz CT molecular complexity index is 541. The first kappa shape index (κ1) is 12.4. The van der Waals surface area contributed by atoms with Crippen LogP contribution in [0.3, 0.4) is 0 Å². The van der Waals surface area contributed by atoms with E-state index in [1.54, 1.807) is 12.1 Å². The van der Waals surface area contributed by atoms with Crippen LogP contribution in [0.4, 0.5) is 0 Å². The van der Waals surface area contributed by atoms with Crippen molar-refractivity contribution in [3.05, 3.63) is 65.2 Å². The molecule has 0 aliphatic carbocycles. The molecule has 0 amide bonds. The summed E-state index contributed by atoms with van der Waals surface area (Å²) in [5, 5.41) is 9.62. The van der Waals surface area contributed by atoms with E-state index < -0.39 is 0 Å². The van der Waals surface area contributed by atoms with Crippen LogP contribution in [0.2, 0.25) is 0 Å². The zero-order valence-electron chi connectivity index (χ0n) is 10.4. The number of phenols is 1. The minimum atomic E-state index is 0.109. The van der Waals surface area contributed by atoms with Crippen LogP contribution in [0, 0.1) is 6.92 Å². The Morgan fingerprint density at radius 3 is 2.39 bits per heavy atom. The summed E-state index contributed by atoms with van der Waals surface area (Å²) in [5.41, 5.74) is 2.70. The summed E-state index contributed by atoms with van der Waals surface area (Å²) < 4.78 is 0. The van der Waals surface area contributed by atoms with Crippen molar-refractivity contribution in [1.82, 2.24) is 0 Å². The van der Waals surface area contributed by atoms with Gasteiger partial charge >= 0.3 is 0 Å². The van der Waals surface area contributed by atoms with Gasteiger partial charge in [-0.1, -0.05) is 48.0 Å². The van der Waals surface area contributed by atoms with Crippen molar-refractivity contribution in [3.63, 3.8) is 0 Å². The van der Waals surface area contributed by atoms with Crippen molar-refractivity contribution in [2.24, 2.45) is 0 Å². The first-order chi connectivity index (χ1) is 8.66. The number of benzene rings is 2. The number of hydrogen-bond donors (Lipinski definition) is 1. The van der Waals surface area contributed by atoms with Crippen molar-refractivity contribution in [2.75, 3.05) is 0 Å². The molecule has 0 fully saturated rings. The third-order valence-corrected chi connectivity index (χ3v) is 2.99. The van der Waals surface area contributed by atoms with Gasteiger partial charge < -0.3 is 5.11 Å². The molecule has 0 aliphatic rings. The van der Waals surface area contributed by atoms with Crippen LogP contribution in [0.25, 0.3) is 0 Å². The molecule has 0 radical (unpaired) electrons. The van der Waals surface area contributed by atoms with E-state index in [9.17, 15) is 9.90 Å². The highest BCUT2D eigenvalue weighted by Crippen LogP contribution is 2.18. The van der Waals surface area contributed by atoms with Gasteiger partial charge in [-0.3, -0.25) is 4.79 Å². The van der Waals surface area contributed by atoms with Gasteiger partial charge in [0, 0.05) is 12.0 Å². The van der Waals surface area contributed by atoms with Crippen molar-refractivity contribution >= 4 is 5.78 Å². The van der Waals surface area contributed by atoms with Crippen molar-refractivity contribution in [1.29, 1.82) is 0 Å². The Morgan fingerprint density at radius 1 is 1.06 bits per heavy atom. The second-order valence-corrected chi connectivity index (χ2v) is 4.42. The van der Waals surface area contributed by atoms with Gasteiger partial charge in [-0.25, -0.2) is 0 Å². The maximum absolute atomic E-state index is 12.0. The van der Waals surface area contributed by atoms with Crippen LogP contribution in [-0.2, 0) is 6.42 Å². The molecule has 0 bridgehead atoms. The SMILES string of the molecule is Cc1ccc(C(=O)CCc2ccccc2O)cc1. The summed E-state index contributed by atoms with van der Waals surface area (Å²) in [6.45, 7) is 2.00. The molecule has 0 spiro atoms. The Labute approximate surface area is 107 Å². The first-order valence-corrected chi connectivity index (χ1v) is 6.03. The van der Waals surface area contributed by atoms with Gasteiger partial charge in [0.25, 0.3) is 0 Å². The van der Waals surface area contributed by atoms with Crippen LogP contribution >= 0.6 is 0 Å². The number of rotatable bonds is 4. The average molecular weight is 240 g/mol. The van der Waals surface area contributed by atoms with Gasteiger partial charge in [-0.2, -0.15) is 0 Å². The van der Waals surface area contributed by atoms with E-state index in [0.29, 0.717) is 12.8 Å². The van der Waals surface area contributed by atoms with E-state index in [0.717, 1.165) is 16.7 Å². The molecule has 2 heteroatoms. The fraction of sp³-hybridized carbons (Fsp3) is 0.188. The minimum absolute atomic E-state index is 0.109. The molecule has 0 aromatic heterocycles. The van der Waals surface area contributed by atoms with Gasteiger partial charge in [0.2, 0.25) is 0 Å². The number of para-hydroxylation sites is 1. The van der Waals surface area contributed by atoms with Gasteiger partial charge in [-0.15, -0.1) is 0 Å². The predicted molar refractivity (Wildman–Crippen MR) is 71.9 cm³/mol. The van der Waals surface area contributed by atoms with Crippen LogP contribution < -0.4 is 0 Å². The Hall–Kier alpha value is -2.09. The van der Waals surface area contributed by atoms with Gasteiger partial charge in [0.15, 0.2) is 5.78 Å². The molecule has 2 rings (SSSR count). The molecule has 0 saturated heterocycles. The third-order valence-electron chi connectivity index (χ3n) is 2.99. The monoisotopic (exact) mass is 240 g/mol. The molecule has 2 nitrogen and oxygen atoms in total.